The lowest BCUT2D eigenvalue weighted by Crippen LogP contribution is -2.28. The van der Waals surface area contributed by atoms with Gasteiger partial charge in [0.05, 0.1) is 19.1 Å². The number of aliphatic hydroxyl groups is 3. The molecule has 0 aromatic heterocycles. The minimum Gasteiger partial charge on any atom is -0.490 e. The van der Waals surface area contributed by atoms with Gasteiger partial charge in [-0.25, -0.2) is 4.99 Å². The van der Waals surface area contributed by atoms with Gasteiger partial charge in [0.1, 0.15) is 18.5 Å². The van der Waals surface area contributed by atoms with Crippen LogP contribution in [0.25, 0.3) is 0 Å². The van der Waals surface area contributed by atoms with E-state index in [4.69, 9.17) is 10.5 Å². The van der Waals surface area contributed by atoms with E-state index in [1.54, 1.807) is 0 Å². The van der Waals surface area contributed by atoms with E-state index in [1.807, 2.05) is 25.1 Å². The number of fused-ring (bicyclic) bond motifs is 1. The van der Waals surface area contributed by atoms with Gasteiger partial charge in [0.2, 0.25) is 0 Å². The molecular formula is C20H31N2O4+. The summed E-state index contributed by atoms with van der Waals surface area (Å²) in [5, 5.41) is 30.1. The third-order valence-corrected chi connectivity index (χ3v) is 4.99. The lowest BCUT2D eigenvalue weighted by Gasteiger charge is -2.18. The number of rotatable bonds is 8. The fraction of sp³-hybridized carbons (Fsp3) is 0.600. The summed E-state index contributed by atoms with van der Waals surface area (Å²) in [5.41, 5.74) is 7.03. The summed E-state index contributed by atoms with van der Waals surface area (Å²) < 4.78 is 5.79. The van der Waals surface area contributed by atoms with Crippen molar-refractivity contribution in [3.8, 4) is 5.75 Å². The van der Waals surface area contributed by atoms with Crippen molar-refractivity contribution < 1.29 is 20.1 Å². The molecule has 0 bridgehead atoms. The van der Waals surface area contributed by atoms with Gasteiger partial charge in [-0.15, -0.1) is 0 Å². The van der Waals surface area contributed by atoms with E-state index in [2.05, 4.69) is 11.9 Å². The lowest BCUT2D eigenvalue weighted by molar-refractivity contribution is 0.0181. The second-order valence-electron chi connectivity index (χ2n) is 7.04. The molecule has 0 saturated carbocycles. The average molecular weight is 363 g/mol. The van der Waals surface area contributed by atoms with Crippen LogP contribution in [0.1, 0.15) is 37.3 Å². The normalized spacial score (nSPS) is 23.9. The van der Waals surface area contributed by atoms with Crippen molar-refractivity contribution in [1.82, 2.24) is 0 Å². The van der Waals surface area contributed by atoms with Crippen molar-refractivity contribution in [2.24, 2.45) is 10.7 Å². The van der Waals surface area contributed by atoms with E-state index >= 15 is 0 Å². The van der Waals surface area contributed by atoms with E-state index in [9.17, 15) is 15.3 Å². The number of aryl methyl sites for hydroxylation is 1. The summed E-state index contributed by atoms with van der Waals surface area (Å²) in [5.74, 6) is 0.626. The number of ether oxygens (including phenoxy) is 1. The van der Waals surface area contributed by atoms with E-state index in [-0.39, 0.29) is 6.61 Å². The maximum atomic E-state index is 10.2. The number of hydrogen-bond acceptors (Lipinski definition) is 6. The zero-order chi connectivity index (χ0) is 19.2. The Labute approximate surface area is 155 Å². The minimum absolute atomic E-state index is 0.0566. The average Bonchev–Trinajstić information content (AvgIpc) is 2.78. The highest BCUT2D eigenvalue weighted by Gasteiger charge is 2.27. The maximum absolute atomic E-state index is 10.2. The van der Waals surface area contributed by atoms with Crippen molar-refractivity contribution in [2.45, 2.75) is 62.9 Å². The molecule has 1 aromatic rings. The first-order chi connectivity index (χ1) is 12.4. The molecule has 6 nitrogen and oxygen atoms in total. The van der Waals surface area contributed by atoms with Crippen LogP contribution < -0.4 is 10.5 Å². The highest BCUT2D eigenvalue weighted by atomic mass is 16.5. The van der Waals surface area contributed by atoms with Crippen molar-refractivity contribution in [2.75, 3.05) is 13.2 Å². The number of aliphatic hydroxyl groups excluding tert-OH is 3. The van der Waals surface area contributed by atoms with Gasteiger partial charge >= 0.3 is 0 Å². The molecule has 144 valence electrons. The van der Waals surface area contributed by atoms with Gasteiger partial charge in [0.25, 0.3) is 0 Å². The lowest BCUT2D eigenvalue weighted by atomic mass is 9.95. The SMILES string of the molecule is [CH2+]C(CC)(CCN)N=CC(O)COc1cccc2c1CC(O)C(O)CC2. The van der Waals surface area contributed by atoms with Crippen LogP contribution in [0.3, 0.4) is 0 Å². The van der Waals surface area contributed by atoms with E-state index in [0.29, 0.717) is 38.0 Å². The van der Waals surface area contributed by atoms with Gasteiger partial charge in [-0.05, 0) is 36.6 Å². The van der Waals surface area contributed by atoms with Crippen LogP contribution in [0.2, 0.25) is 0 Å². The molecule has 0 spiro atoms. The summed E-state index contributed by atoms with van der Waals surface area (Å²) in [6, 6.07) is 5.69. The Morgan fingerprint density at radius 1 is 1.42 bits per heavy atom. The molecule has 0 heterocycles. The van der Waals surface area contributed by atoms with Crippen LogP contribution in [-0.2, 0) is 12.8 Å². The first kappa shape index (κ1) is 20.7. The summed E-state index contributed by atoms with van der Waals surface area (Å²) in [6.07, 6.45) is 2.01. The molecule has 0 aliphatic heterocycles. The van der Waals surface area contributed by atoms with Crippen molar-refractivity contribution >= 4 is 6.21 Å². The van der Waals surface area contributed by atoms with E-state index in [0.717, 1.165) is 17.5 Å². The van der Waals surface area contributed by atoms with Crippen LogP contribution in [-0.4, -0.2) is 58.5 Å². The third-order valence-electron chi connectivity index (χ3n) is 4.99. The van der Waals surface area contributed by atoms with Gasteiger partial charge in [-0.2, -0.15) is 0 Å². The zero-order valence-corrected chi connectivity index (χ0v) is 15.5. The smallest absolute Gasteiger partial charge is 0.195 e. The number of benzene rings is 1. The summed E-state index contributed by atoms with van der Waals surface area (Å²) in [6.45, 7) is 6.61. The molecule has 0 amide bonds. The second-order valence-corrected chi connectivity index (χ2v) is 7.04. The van der Waals surface area contributed by atoms with Crippen LogP contribution in [0.4, 0.5) is 0 Å². The Bertz CT molecular complexity index is 607. The summed E-state index contributed by atoms with van der Waals surface area (Å²) in [7, 11) is 0. The van der Waals surface area contributed by atoms with Crippen LogP contribution in [0.15, 0.2) is 23.2 Å². The number of nitrogens with zero attached hydrogens (tertiary/aromatic N) is 1. The molecule has 2 rings (SSSR count). The number of nitrogens with two attached hydrogens (primary N) is 1. The van der Waals surface area contributed by atoms with Crippen LogP contribution >= 0.6 is 0 Å². The van der Waals surface area contributed by atoms with Gasteiger partial charge < -0.3 is 25.8 Å². The fourth-order valence-electron chi connectivity index (χ4n) is 3.12. The van der Waals surface area contributed by atoms with E-state index in [1.165, 1.54) is 6.21 Å². The van der Waals surface area contributed by atoms with Crippen molar-refractivity contribution in [3.05, 3.63) is 36.2 Å². The highest BCUT2D eigenvalue weighted by molar-refractivity contribution is 5.63. The maximum Gasteiger partial charge on any atom is 0.195 e. The number of hydrogen-bond donors (Lipinski definition) is 4. The Morgan fingerprint density at radius 2 is 2.19 bits per heavy atom. The molecule has 1 aliphatic carbocycles. The molecular weight excluding hydrogens is 332 g/mol. The van der Waals surface area contributed by atoms with Crippen molar-refractivity contribution in [3.63, 3.8) is 0 Å². The Balaban J connectivity index is 2.02. The Kier molecular flexibility index (Phi) is 7.46. The predicted molar refractivity (Wildman–Crippen MR) is 103 cm³/mol. The monoisotopic (exact) mass is 363 g/mol. The zero-order valence-electron chi connectivity index (χ0n) is 15.5. The molecule has 0 radical (unpaired) electrons. The molecule has 6 heteroatoms. The largest absolute Gasteiger partial charge is 0.490 e. The quantitative estimate of drug-likeness (QED) is 0.313. The molecule has 4 atom stereocenters. The first-order valence-electron chi connectivity index (χ1n) is 9.27. The molecule has 1 aromatic carbocycles. The van der Waals surface area contributed by atoms with Gasteiger partial charge in [-0.1, -0.05) is 19.1 Å². The summed E-state index contributed by atoms with van der Waals surface area (Å²) >= 11 is 0. The minimum atomic E-state index is -0.863. The van der Waals surface area contributed by atoms with Crippen LogP contribution in [0, 0.1) is 6.92 Å². The molecule has 0 saturated heterocycles. The Morgan fingerprint density at radius 3 is 2.88 bits per heavy atom. The molecule has 1 aliphatic rings. The molecule has 26 heavy (non-hydrogen) atoms. The Hall–Kier alpha value is -1.60. The third kappa shape index (κ3) is 5.45. The van der Waals surface area contributed by atoms with Crippen LogP contribution in [0.5, 0.6) is 5.75 Å². The van der Waals surface area contributed by atoms with Crippen molar-refractivity contribution in [1.29, 1.82) is 0 Å². The second kappa shape index (κ2) is 9.37. The first-order valence-corrected chi connectivity index (χ1v) is 9.27. The highest BCUT2D eigenvalue weighted by Crippen LogP contribution is 2.29. The topological polar surface area (TPSA) is 108 Å². The molecule has 0 fully saturated rings. The van der Waals surface area contributed by atoms with Gasteiger partial charge in [0.15, 0.2) is 5.54 Å². The standard InChI is InChI=1S/C20H31N2O4/c1-3-20(2,9-10-21)22-12-15(23)13-26-19-6-4-5-14-7-8-17(24)18(25)11-16(14)19/h4-6,12,15,17-18,23-25H,2-3,7-11,13,21H2,1H3/q+1. The van der Waals surface area contributed by atoms with E-state index < -0.39 is 23.9 Å². The molecule has 4 unspecified atom stereocenters. The van der Waals surface area contributed by atoms with Gasteiger partial charge in [-0.3, -0.25) is 0 Å². The number of aliphatic imine (C=N–C) groups is 1. The van der Waals surface area contributed by atoms with Gasteiger partial charge in [0, 0.05) is 25.5 Å². The predicted octanol–water partition coefficient (Wildman–Crippen LogP) is 1.04. The fourth-order valence-corrected chi connectivity index (χ4v) is 3.12. The molecule has 5 N–H and O–H groups in total. The summed E-state index contributed by atoms with van der Waals surface area (Å²) in [4.78, 5) is 4.38.